The largest absolute Gasteiger partial charge is 0.382 e. The first-order chi connectivity index (χ1) is 10.9. The molecular formula is C19H29N3O. The van der Waals surface area contributed by atoms with Crippen LogP contribution in [0.15, 0.2) is 18.3 Å². The lowest BCUT2D eigenvalue weighted by atomic mass is 9.84. The molecule has 0 spiro atoms. The zero-order valence-corrected chi connectivity index (χ0v) is 14.6. The number of hydrogen-bond acceptors (Lipinski definition) is 3. The van der Waals surface area contributed by atoms with Crippen molar-refractivity contribution >= 4 is 11.6 Å². The molecule has 0 unspecified atom stereocenters. The molecule has 0 radical (unpaired) electrons. The SMILES string of the molecule is CC(C)(C)c1cc(NC2CCN(C(=O)C3CCC3)CC2)ccn1. The van der Waals surface area contributed by atoms with Gasteiger partial charge in [-0.05, 0) is 37.8 Å². The molecule has 1 saturated carbocycles. The summed E-state index contributed by atoms with van der Waals surface area (Å²) < 4.78 is 0. The molecule has 2 fully saturated rings. The first kappa shape index (κ1) is 16.3. The summed E-state index contributed by atoms with van der Waals surface area (Å²) in [6.07, 6.45) is 7.38. The Balaban J connectivity index is 1.53. The normalized spacial score (nSPS) is 20.2. The van der Waals surface area contributed by atoms with Crippen LogP contribution in [0.2, 0.25) is 0 Å². The molecule has 1 aliphatic heterocycles. The fraction of sp³-hybridized carbons (Fsp3) is 0.684. The Bertz CT molecular complexity index is 552. The number of hydrogen-bond donors (Lipinski definition) is 1. The predicted molar refractivity (Wildman–Crippen MR) is 93.5 cm³/mol. The van der Waals surface area contributed by atoms with Crippen molar-refractivity contribution in [3.8, 4) is 0 Å². The zero-order valence-electron chi connectivity index (χ0n) is 14.6. The van der Waals surface area contributed by atoms with Gasteiger partial charge in [0.05, 0.1) is 0 Å². The topological polar surface area (TPSA) is 45.2 Å². The van der Waals surface area contributed by atoms with Crippen LogP contribution in [0.3, 0.4) is 0 Å². The Labute approximate surface area is 139 Å². The molecule has 0 atom stereocenters. The maximum Gasteiger partial charge on any atom is 0.225 e. The average molecular weight is 315 g/mol. The van der Waals surface area contributed by atoms with Crippen molar-refractivity contribution in [2.75, 3.05) is 18.4 Å². The number of carbonyl (C=O) groups is 1. The van der Waals surface area contributed by atoms with Gasteiger partial charge in [0.15, 0.2) is 0 Å². The van der Waals surface area contributed by atoms with E-state index in [2.05, 4.69) is 42.0 Å². The van der Waals surface area contributed by atoms with Gasteiger partial charge in [-0.1, -0.05) is 27.2 Å². The van der Waals surface area contributed by atoms with Crippen molar-refractivity contribution in [1.82, 2.24) is 9.88 Å². The van der Waals surface area contributed by atoms with E-state index in [9.17, 15) is 4.79 Å². The van der Waals surface area contributed by atoms with Gasteiger partial charge in [0.25, 0.3) is 0 Å². The molecule has 0 bridgehead atoms. The Kier molecular flexibility index (Phi) is 4.60. The van der Waals surface area contributed by atoms with Gasteiger partial charge in [0, 0.05) is 48.0 Å². The molecule has 1 amide bonds. The molecule has 126 valence electrons. The average Bonchev–Trinajstić information content (AvgIpc) is 2.45. The third-order valence-electron chi connectivity index (χ3n) is 5.16. The van der Waals surface area contributed by atoms with Crippen LogP contribution in [0, 0.1) is 5.92 Å². The third-order valence-corrected chi connectivity index (χ3v) is 5.16. The van der Waals surface area contributed by atoms with Crippen LogP contribution in [0.5, 0.6) is 0 Å². The second-order valence-electron chi connectivity index (χ2n) is 8.05. The molecular weight excluding hydrogens is 286 g/mol. The number of amides is 1. The Morgan fingerprint density at radius 3 is 2.48 bits per heavy atom. The molecule has 1 aliphatic carbocycles. The van der Waals surface area contributed by atoms with E-state index >= 15 is 0 Å². The summed E-state index contributed by atoms with van der Waals surface area (Å²) in [5.41, 5.74) is 2.32. The summed E-state index contributed by atoms with van der Waals surface area (Å²) in [5.74, 6) is 0.725. The highest BCUT2D eigenvalue weighted by Crippen LogP contribution is 2.30. The number of rotatable bonds is 3. The summed E-state index contributed by atoms with van der Waals surface area (Å²) in [5, 5.41) is 3.63. The number of nitrogens with one attached hydrogen (secondary N) is 1. The van der Waals surface area contributed by atoms with Crippen LogP contribution in [-0.2, 0) is 10.2 Å². The summed E-state index contributed by atoms with van der Waals surface area (Å²) in [6, 6.07) is 4.66. The van der Waals surface area contributed by atoms with Gasteiger partial charge < -0.3 is 10.2 Å². The number of anilines is 1. The van der Waals surface area contributed by atoms with Crippen molar-refractivity contribution in [2.45, 2.75) is 64.3 Å². The molecule has 1 aromatic rings. The van der Waals surface area contributed by atoms with Crippen LogP contribution >= 0.6 is 0 Å². The monoisotopic (exact) mass is 315 g/mol. The number of nitrogens with zero attached hydrogens (tertiary/aromatic N) is 2. The molecule has 2 heterocycles. The van der Waals surface area contributed by atoms with Gasteiger partial charge >= 0.3 is 0 Å². The van der Waals surface area contributed by atoms with Gasteiger partial charge in [0.2, 0.25) is 5.91 Å². The highest BCUT2D eigenvalue weighted by atomic mass is 16.2. The van der Waals surface area contributed by atoms with Crippen molar-refractivity contribution < 1.29 is 4.79 Å². The Hall–Kier alpha value is -1.58. The zero-order chi connectivity index (χ0) is 16.4. The molecule has 1 N–H and O–H groups in total. The van der Waals surface area contributed by atoms with Gasteiger partial charge in [-0.2, -0.15) is 0 Å². The molecule has 4 heteroatoms. The predicted octanol–water partition coefficient (Wildman–Crippen LogP) is 3.58. The molecule has 1 aromatic heterocycles. The van der Waals surface area contributed by atoms with Crippen molar-refractivity contribution in [1.29, 1.82) is 0 Å². The minimum absolute atomic E-state index is 0.0657. The van der Waals surface area contributed by atoms with E-state index in [1.165, 1.54) is 6.42 Å². The van der Waals surface area contributed by atoms with Gasteiger partial charge in [-0.25, -0.2) is 0 Å². The minimum Gasteiger partial charge on any atom is -0.382 e. The molecule has 0 aromatic carbocycles. The van der Waals surface area contributed by atoms with Crippen LogP contribution in [0.1, 0.15) is 58.6 Å². The van der Waals surface area contributed by atoms with E-state index in [0.717, 1.165) is 50.2 Å². The summed E-state index contributed by atoms with van der Waals surface area (Å²) in [4.78, 5) is 18.9. The van der Waals surface area contributed by atoms with Crippen molar-refractivity contribution in [2.24, 2.45) is 5.92 Å². The van der Waals surface area contributed by atoms with E-state index in [1.54, 1.807) is 0 Å². The summed E-state index contributed by atoms with van der Waals surface area (Å²) in [6.45, 7) is 8.34. The fourth-order valence-corrected chi connectivity index (χ4v) is 3.32. The van der Waals surface area contributed by atoms with Crippen molar-refractivity contribution in [3.05, 3.63) is 24.0 Å². The quantitative estimate of drug-likeness (QED) is 0.927. The van der Waals surface area contributed by atoms with E-state index in [-0.39, 0.29) is 5.41 Å². The van der Waals surface area contributed by atoms with E-state index in [0.29, 0.717) is 17.9 Å². The molecule has 1 saturated heterocycles. The lowest BCUT2D eigenvalue weighted by Crippen LogP contribution is -2.46. The third kappa shape index (κ3) is 3.85. The standard InChI is InChI=1S/C19H29N3O/c1-19(2,3)17-13-16(7-10-20-17)21-15-8-11-22(12-9-15)18(23)14-5-4-6-14/h7,10,13-15H,4-6,8-9,11-12H2,1-3H3,(H,20,21). The number of pyridine rings is 1. The highest BCUT2D eigenvalue weighted by Gasteiger charge is 2.31. The number of aromatic nitrogens is 1. The molecule has 23 heavy (non-hydrogen) atoms. The van der Waals surface area contributed by atoms with Crippen molar-refractivity contribution in [3.63, 3.8) is 0 Å². The maximum absolute atomic E-state index is 12.3. The van der Waals surface area contributed by atoms with Gasteiger partial charge in [-0.15, -0.1) is 0 Å². The molecule has 3 rings (SSSR count). The van der Waals surface area contributed by atoms with Crippen LogP contribution < -0.4 is 5.32 Å². The number of piperidine rings is 1. The molecule has 2 aliphatic rings. The summed E-state index contributed by atoms with van der Waals surface area (Å²) in [7, 11) is 0. The second kappa shape index (κ2) is 6.50. The highest BCUT2D eigenvalue weighted by molar-refractivity contribution is 5.79. The van der Waals surface area contributed by atoms with Crippen LogP contribution in [0.25, 0.3) is 0 Å². The maximum atomic E-state index is 12.3. The van der Waals surface area contributed by atoms with Gasteiger partial charge in [0.1, 0.15) is 0 Å². The summed E-state index contributed by atoms with van der Waals surface area (Å²) >= 11 is 0. The fourth-order valence-electron chi connectivity index (χ4n) is 3.32. The van der Waals surface area contributed by atoms with Gasteiger partial charge in [-0.3, -0.25) is 9.78 Å². The van der Waals surface area contributed by atoms with E-state index in [4.69, 9.17) is 0 Å². The minimum atomic E-state index is 0.0657. The lowest BCUT2D eigenvalue weighted by Gasteiger charge is -2.37. The molecule has 4 nitrogen and oxygen atoms in total. The van der Waals surface area contributed by atoms with E-state index < -0.39 is 0 Å². The second-order valence-corrected chi connectivity index (χ2v) is 8.05. The first-order valence-electron chi connectivity index (χ1n) is 8.95. The number of carbonyl (C=O) groups excluding carboxylic acids is 1. The lowest BCUT2D eigenvalue weighted by molar-refractivity contribution is -0.139. The smallest absolute Gasteiger partial charge is 0.225 e. The van der Waals surface area contributed by atoms with Crippen LogP contribution in [0.4, 0.5) is 5.69 Å². The first-order valence-corrected chi connectivity index (χ1v) is 8.95. The van der Waals surface area contributed by atoms with E-state index in [1.807, 2.05) is 12.3 Å². The Morgan fingerprint density at radius 2 is 1.91 bits per heavy atom. The number of likely N-dealkylation sites (tertiary alicyclic amines) is 1. The van der Waals surface area contributed by atoms with Crippen LogP contribution in [-0.4, -0.2) is 34.9 Å². The Morgan fingerprint density at radius 1 is 1.22 bits per heavy atom.